The summed E-state index contributed by atoms with van der Waals surface area (Å²) in [6.45, 7) is 0.159. The van der Waals surface area contributed by atoms with Crippen LogP contribution in [0.4, 0.5) is 11.4 Å². The summed E-state index contributed by atoms with van der Waals surface area (Å²) in [4.78, 5) is 25.6. The maximum Gasteiger partial charge on any atom is 0.253 e. The quantitative estimate of drug-likeness (QED) is 0.741. The van der Waals surface area contributed by atoms with Gasteiger partial charge in [-0.2, -0.15) is 0 Å². The summed E-state index contributed by atoms with van der Waals surface area (Å²) in [7, 11) is 3.41. The second kappa shape index (κ2) is 7.70. The highest BCUT2D eigenvalue weighted by molar-refractivity contribution is 5.98. The van der Waals surface area contributed by atoms with Crippen LogP contribution in [0.3, 0.4) is 0 Å². The molecule has 26 heavy (non-hydrogen) atoms. The zero-order valence-corrected chi connectivity index (χ0v) is 14.8. The molecule has 0 aliphatic heterocycles. The molecule has 5 heteroatoms. The van der Waals surface area contributed by atoms with Crippen molar-refractivity contribution < 1.29 is 9.59 Å². The average Bonchev–Trinajstić information content (AvgIpc) is 2.66. The Labute approximate surface area is 152 Å². The molecule has 0 aliphatic rings. The van der Waals surface area contributed by atoms with Crippen LogP contribution < -0.4 is 10.6 Å². The van der Waals surface area contributed by atoms with Crippen LogP contribution in [0.1, 0.15) is 10.4 Å². The van der Waals surface area contributed by atoms with E-state index in [-0.39, 0.29) is 18.4 Å². The maximum absolute atomic E-state index is 12.2. The highest BCUT2D eigenvalue weighted by Gasteiger charge is 2.08. The van der Waals surface area contributed by atoms with Gasteiger partial charge in [-0.05, 0) is 35.7 Å². The van der Waals surface area contributed by atoms with E-state index in [2.05, 4.69) is 10.6 Å². The molecule has 0 atom stereocenters. The van der Waals surface area contributed by atoms with E-state index < -0.39 is 0 Å². The third kappa shape index (κ3) is 4.00. The Hall–Kier alpha value is -3.34. The Bertz CT molecular complexity index is 928. The normalized spacial score (nSPS) is 10.4. The summed E-state index contributed by atoms with van der Waals surface area (Å²) in [6, 6.07) is 20.9. The lowest BCUT2D eigenvalue weighted by Crippen LogP contribution is -2.23. The van der Waals surface area contributed by atoms with Crippen LogP contribution in [0.2, 0.25) is 0 Å². The number of anilines is 2. The van der Waals surface area contributed by atoms with E-state index in [0.717, 1.165) is 16.5 Å². The number of nitrogens with zero attached hydrogens (tertiary/aromatic N) is 1. The van der Waals surface area contributed by atoms with Crippen LogP contribution in [0.15, 0.2) is 66.7 Å². The molecule has 2 amide bonds. The summed E-state index contributed by atoms with van der Waals surface area (Å²) in [5.41, 5.74) is 2.16. The first-order valence-corrected chi connectivity index (χ1v) is 8.38. The molecule has 0 unspecified atom stereocenters. The zero-order valence-electron chi connectivity index (χ0n) is 14.8. The van der Waals surface area contributed by atoms with E-state index in [1.54, 1.807) is 38.4 Å². The lowest BCUT2D eigenvalue weighted by Gasteiger charge is -2.12. The minimum absolute atomic E-state index is 0.0690. The van der Waals surface area contributed by atoms with Gasteiger partial charge in [-0.25, -0.2) is 0 Å². The number of amides is 2. The summed E-state index contributed by atoms with van der Waals surface area (Å²) >= 11 is 0. The summed E-state index contributed by atoms with van der Waals surface area (Å²) in [5, 5.41) is 8.21. The van der Waals surface area contributed by atoms with Crippen molar-refractivity contribution in [1.82, 2.24) is 4.90 Å². The molecule has 132 valence electrons. The van der Waals surface area contributed by atoms with Crippen molar-refractivity contribution in [1.29, 1.82) is 0 Å². The fraction of sp³-hybridized carbons (Fsp3) is 0.143. The molecule has 3 aromatic carbocycles. The average molecular weight is 347 g/mol. The minimum Gasteiger partial charge on any atom is -0.376 e. The van der Waals surface area contributed by atoms with E-state index in [0.29, 0.717) is 11.3 Å². The molecule has 2 N–H and O–H groups in total. The lowest BCUT2D eigenvalue weighted by molar-refractivity contribution is -0.114. The van der Waals surface area contributed by atoms with Crippen LogP contribution in [-0.2, 0) is 4.79 Å². The largest absolute Gasteiger partial charge is 0.376 e. The first-order chi connectivity index (χ1) is 12.5. The van der Waals surface area contributed by atoms with Crippen LogP contribution in [-0.4, -0.2) is 37.4 Å². The topological polar surface area (TPSA) is 61.4 Å². The number of rotatable bonds is 5. The predicted octanol–water partition coefficient (Wildman–Crippen LogP) is 3.59. The van der Waals surface area contributed by atoms with Crippen molar-refractivity contribution in [2.24, 2.45) is 0 Å². The number of carbonyl (C=O) groups is 2. The molecule has 0 aliphatic carbocycles. The Balaban J connectivity index is 1.61. The van der Waals surface area contributed by atoms with Gasteiger partial charge in [-0.3, -0.25) is 9.59 Å². The van der Waals surface area contributed by atoms with E-state index in [1.807, 2.05) is 42.5 Å². The number of hydrogen-bond donors (Lipinski definition) is 2. The summed E-state index contributed by atoms with van der Waals surface area (Å²) in [5.74, 6) is -0.217. The molecule has 0 bridgehead atoms. The maximum atomic E-state index is 12.2. The third-order valence-corrected chi connectivity index (χ3v) is 4.05. The van der Waals surface area contributed by atoms with Crippen LogP contribution >= 0.6 is 0 Å². The van der Waals surface area contributed by atoms with Crippen LogP contribution in [0, 0.1) is 0 Å². The van der Waals surface area contributed by atoms with Gasteiger partial charge in [-0.15, -0.1) is 0 Å². The highest BCUT2D eigenvalue weighted by Crippen LogP contribution is 2.22. The Morgan fingerprint density at radius 2 is 1.58 bits per heavy atom. The van der Waals surface area contributed by atoms with E-state index >= 15 is 0 Å². The van der Waals surface area contributed by atoms with Crippen molar-refractivity contribution in [3.05, 3.63) is 72.3 Å². The molecule has 3 aromatic rings. The van der Waals surface area contributed by atoms with Crippen LogP contribution in [0.25, 0.3) is 10.8 Å². The third-order valence-electron chi connectivity index (χ3n) is 4.05. The van der Waals surface area contributed by atoms with Gasteiger partial charge in [0.2, 0.25) is 5.91 Å². The number of nitrogens with one attached hydrogen (secondary N) is 2. The molecule has 0 fully saturated rings. The second-order valence-corrected chi connectivity index (χ2v) is 6.21. The molecule has 0 saturated carbocycles. The molecule has 5 nitrogen and oxygen atoms in total. The van der Waals surface area contributed by atoms with Gasteiger partial charge in [0.15, 0.2) is 0 Å². The van der Waals surface area contributed by atoms with Gasteiger partial charge < -0.3 is 15.5 Å². The van der Waals surface area contributed by atoms with Gasteiger partial charge >= 0.3 is 0 Å². The highest BCUT2D eigenvalue weighted by atomic mass is 16.2. The second-order valence-electron chi connectivity index (χ2n) is 6.21. The number of fused-ring (bicyclic) bond motifs is 1. The molecular weight excluding hydrogens is 326 g/mol. The van der Waals surface area contributed by atoms with E-state index in [1.165, 1.54) is 4.90 Å². The minimum atomic E-state index is -0.148. The summed E-state index contributed by atoms with van der Waals surface area (Å²) in [6.07, 6.45) is 0. The lowest BCUT2D eigenvalue weighted by atomic mass is 10.1. The molecular formula is C21H21N3O2. The Kier molecular flexibility index (Phi) is 5.17. The standard InChI is InChI=1S/C21H21N3O2/c1-24(2)21(26)16-10-12-17(13-11-16)23-20(25)14-22-19-9-5-7-15-6-3-4-8-18(15)19/h3-13,22H,14H2,1-2H3,(H,23,25). The SMILES string of the molecule is CN(C)C(=O)c1ccc(NC(=O)CNc2cccc3ccccc23)cc1. The van der Waals surface area contributed by atoms with Gasteiger partial charge in [0.05, 0.1) is 6.54 Å². The first kappa shape index (κ1) is 17.5. The fourth-order valence-corrected chi connectivity index (χ4v) is 2.71. The van der Waals surface area contributed by atoms with E-state index in [4.69, 9.17) is 0 Å². The smallest absolute Gasteiger partial charge is 0.253 e. The van der Waals surface area contributed by atoms with E-state index in [9.17, 15) is 9.59 Å². The number of hydrogen-bond acceptors (Lipinski definition) is 3. The van der Waals surface area contributed by atoms with Crippen LogP contribution in [0.5, 0.6) is 0 Å². The molecule has 0 aromatic heterocycles. The molecule has 0 heterocycles. The van der Waals surface area contributed by atoms with Gasteiger partial charge in [-0.1, -0.05) is 36.4 Å². The Morgan fingerprint density at radius 1 is 0.885 bits per heavy atom. The van der Waals surface area contributed by atoms with Crippen molar-refractivity contribution in [2.75, 3.05) is 31.3 Å². The molecule has 0 saturated heterocycles. The molecule has 0 spiro atoms. The molecule has 3 rings (SSSR count). The molecule has 0 radical (unpaired) electrons. The van der Waals surface area contributed by atoms with Gasteiger partial charge in [0.25, 0.3) is 5.91 Å². The van der Waals surface area contributed by atoms with Crippen molar-refractivity contribution >= 4 is 34.0 Å². The first-order valence-electron chi connectivity index (χ1n) is 8.38. The van der Waals surface area contributed by atoms with Crippen molar-refractivity contribution in [3.63, 3.8) is 0 Å². The monoisotopic (exact) mass is 347 g/mol. The predicted molar refractivity (Wildman–Crippen MR) is 106 cm³/mol. The van der Waals surface area contributed by atoms with Crippen molar-refractivity contribution in [2.45, 2.75) is 0 Å². The van der Waals surface area contributed by atoms with Crippen molar-refractivity contribution in [3.8, 4) is 0 Å². The van der Waals surface area contributed by atoms with Gasteiger partial charge in [0.1, 0.15) is 0 Å². The zero-order chi connectivity index (χ0) is 18.5. The number of benzene rings is 3. The fourth-order valence-electron chi connectivity index (χ4n) is 2.71. The number of carbonyl (C=O) groups excluding carboxylic acids is 2. The Morgan fingerprint density at radius 3 is 2.31 bits per heavy atom. The summed E-state index contributed by atoms with van der Waals surface area (Å²) < 4.78 is 0. The van der Waals surface area contributed by atoms with Gasteiger partial charge in [0, 0.05) is 36.4 Å².